The third-order valence-corrected chi connectivity index (χ3v) is 4.47. The Kier molecular flexibility index (Phi) is 4.89. The van der Waals surface area contributed by atoms with E-state index in [-0.39, 0.29) is 24.5 Å². The van der Waals surface area contributed by atoms with Gasteiger partial charge in [-0.2, -0.15) is 13.2 Å². The number of alkyl halides is 3. The highest BCUT2D eigenvalue weighted by molar-refractivity contribution is 9.10. The van der Waals surface area contributed by atoms with Crippen LogP contribution in [0.1, 0.15) is 31.2 Å². The van der Waals surface area contributed by atoms with Crippen molar-refractivity contribution in [2.24, 2.45) is 11.8 Å². The van der Waals surface area contributed by atoms with E-state index in [1.807, 2.05) is 24.3 Å². The molecule has 0 atom stereocenters. The molecule has 0 unspecified atom stereocenters. The lowest BCUT2D eigenvalue weighted by Crippen LogP contribution is -2.30. The van der Waals surface area contributed by atoms with Crippen molar-refractivity contribution >= 4 is 21.7 Å². The lowest BCUT2D eigenvalue weighted by molar-refractivity contribution is -0.184. The summed E-state index contributed by atoms with van der Waals surface area (Å²) in [6.07, 6.45) is -2.91. The molecule has 0 spiro atoms. The van der Waals surface area contributed by atoms with E-state index < -0.39 is 12.1 Å². The minimum Gasteiger partial charge on any atom is -0.299 e. The maximum atomic E-state index is 12.6. The van der Waals surface area contributed by atoms with Crippen LogP contribution in [0.15, 0.2) is 28.7 Å². The topological polar surface area (TPSA) is 17.1 Å². The number of Topliss-reactive ketones (excluding diaryl/α,β-unsaturated/α-hetero) is 1. The standard InChI is InChI=1S/C15H16BrF3O/c16-13-7-1-10(2-8-13)9-14(20)11-3-5-12(6-4-11)15(17,18)19/h1-2,7-8,11-12H,3-6,9H2. The largest absolute Gasteiger partial charge is 0.391 e. The first-order valence-corrected chi connectivity index (χ1v) is 7.49. The molecule has 110 valence electrons. The molecule has 1 nitrogen and oxygen atoms in total. The molecule has 1 aromatic rings. The van der Waals surface area contributed by atoms with Gasteiger partial charge in [0.25, 0.3) is 0 Å². The van der Waals surface area contributed by atoms with Crippen molar-refractivity contribution in [3.8, 4) is 0 Å². The summed E-state index contributed by atoms with van der Waals surface area (Å²) >= 11 is 3.32. The molecule has 1 fully saturated rings. The fourth-order valence-corrected chi connectivity index (χ4v) is 2.95. The fourth-order valence-electron chi connectivity index (χ4n) is 2.69. The van der Waals surface area contributed by atoms with Crippen LogP contribution in [0.2, 0.25) is 0 Å². The van der Waals surface area contributed by atoms with Gasteiger partial charge >= 0.3 is 6.18 Å². The summed E-state index contributed by atoms with van der Waals surface area (Å²) in [5.74, 6) is -1.37. The average molecular weight is 349 g/mol. The molecule has 20 heavy (non-hydrogen) atoms. The summed E-state index contributed by atoms with van der Waals surface area (Å²) in [5.41, 5.74) is 0.913. The summed E-state index contributed by atoms with van der Waals surface area (Å²) in [5, 5.41) is 0. The molecule has 1 aromatic carbocycles. The van der Waals surface area contributed by atoms with Gasteiger partial charge < -0.3 is 0 Å². The summed E-state index contributed by atoms with van der Waals surface area (Å²) in [4.78, 5) is 12.1. The van der Waals surface area contributed by atoms with Crippen LogP contribution in [-0.2, 0) is 11.2 Å². The van der Waals surface area contributed by atoms with Crippen LogP contribution < -0.4 is 0 Å². The summed E-state index contributed by atoms with van der Waals surface area (Å²) in [7, 11) is 0. The predicted octanol–water partition coefficient (Wildman–Crippen LogP) is 4.93. The van der Waals surface area contributed by atoms with Gasteiger partial charge in [0.2, 0.25) is 0 Å². The first-order valence-electron chi connectivity index (χ1n) is 6.70. The molecule has 0 radical (unpaired) electrons. The molecule has 1 aliphatic carbocycles. The molecule has 0 heterocycles. The number of hydrogen-bond acceptors (Lipinski definition) is 1. The Bertz CT molecular complexity index is 459. The molecule has 1 saturated carbocycles. The SMILES string of the molecule is O=C(Cc1ccc(Br)cc1)C1CCC(C(F)(F)F)CC1. The van der Waals surface area contributed by atoms with E-state index in [4.69, 9.17) is 0 Å². The molecule has 0 aliphatic heterocycles. The van der Waals surface area contributed by atoms with Gasteiger partial charge in [0, 0.05) is 16.8 Å². The summed E-state index contributed by atoms with van der Waals surface area (Å²) < 4.78 is 38.6. The minimum absolute atomic E-state index is 0.0629. The van der Waals surface area contributed by atoms with Crippen molar-refractivity contribution in [2.45, 2.75) is 38.3 Å². The van der Waals surface area contributed by atoms with E-state index in [9.17, 15) is 18.0 Å². The zero-order valence-electron chi connectivity index (χ0n) is 10.9. The third-order valence-electron chi connectivity index (χ3n) is 3.94. The molecule has 0 saturated heterocycles. The first-order chi connectivity index (χ1) is 9.36. The maximum absolute atomic E-state index is 12.6. The second kappa shape index (κ2) is 6.29. The molecule has 0 bridgehead atoms. The molecular weight excluding hydrogens is 333 g/mol. The van der Waals surface area contributed by atoms with Crippen LogP contribution in [0.4, 0.5) is 13.2 Å². The molecule has 2 rings (SSSR count). The Balaban J connectivity index is 1.87. The van der Waals surface area contributed by atoms with E-state index in [0.717, 1.165) is 10.0 Å². The first kappa shape index (κ1) is 15.5. The number of hydrogen-bond donors (Lipinski definition) is 0. The van der Waals surface area contributed by atoms with Crippen LogP contribution in [0.3, 0.4) is 0 Å². The maximum Gasteiger partial charge on any atom is 0.391 e. The highest BCUT2D eigenvalue weighted by Crippen LogP contribution is 2.39. The second-order valence-corrected chi connectivity index (χ2v) is 6.28. The molecule has 0 amide bonds. The van der Waals surface area contributed by atoms with E-state index in [1.54, 1.807) is 0 Å². The van der Waals surface area contributed by atoms with Crippen molar-refractivity contribution in [3.63, 3.8) is 0 Å². The lowest BCUT2D eigenvalue weighted by Gasteiger charge is -2.29. The van der Waals surface area contributed by atoms with Gasteiger partial charge in [0.15, 0.2) is 0 Å². The van der Waals surface area contributed by atoms with Gasteiger partial charge in [0.05, 0.1) is 5.92 Å². The quantitative estimate of drug-likeness (QED) is 0.756. The van der Waals surface area contributed by atoms with Crippen LogP contribution in [-0.4, -0.2) is 12.0 Å². The number of carbonyl (C=O) groups excluding carboxylic acids is 1. The van der Waals surface area contributed by atoms with E-state index in [2.05, 4.69) is 15.9 Å². The Morgan fingerprint density at radius 3 is 2.15 bits per heavy atom. The number of halogens is 4. The zero-order valence-corrected chi connectivity index (χ0v) is 12.5. The van der Waals surface area contributed by atoms with E-state index >= 15 is 0 Å². The van der Waals surface area contributed by atoms with Crippen molar-refractivity contribution in [2.75, 3.05) is 0 Å². The monoisotopic (exact) mass is 348 g/mol. The number of rotatable bonds is 3. The van der Waals surface area contributed by atoms with Crippen molar-refractivity contribution in [1.82, 2.24) is 0 Å². The Morgan fingerprint density at radius 1 is 1.10 bits per heavy atom. The molecular formula is C15H16BrF3O. The van der Waals surface area contributed by atoms with Crippen molar-refractivity contribution in [3.05, 3.63) is 34.3 Å². The Labute approximate surface area is 124 Å². The predicted molar refractivity (Wildman–Crippen MR) is 74.4 cm³/mol. The fraction of sp³-hybridized carbons (Fsp3) is 0.533. The van der Waals surface area contributed by atoms with Crippen molar-refractivity contribution < 1.29 is 18.0 Å². The summed E-state index contributed by atoms with van der Waals surface area (Å²) in [6, 6.07) is 7.46. The Hall–Kier alpha value is -0.840. The molecule has 1 aliphatic rings. The second-order valence-electron chi connectivity index (χ2n) is 5.36. The van der Waals surface area contributed by atoms with Crippen LogP contribution in [0.25, 0.3) is 0 Å². The van der Waals surface area contributed by atoms with Gasteiger partial charge in [-0.05, 0) is 43.4 Å². The molecule has 0 N–H and O–H groups in total. The molecule has 5 heteroatoms. The van der Waals surface area contributed by atoms with E-state index in [1.165, 1.54) is 0 Å². The van der Waals surface area contributed by atoms with Gasteiger partial charge in [-0.15, -0.1) is 0 Å². The summed E-state index contributed by atoms with van der Waals surface area (Å²) in [6.45, 7) is 0. The number of ketones is 1. The highest BCUT2D eigenvalue weighted by Gasteiger charge is 2.42. The lowest BCUT2D eigenvalue weighted by atomic mass is 9.78. The average Bonchev–Trinajstić information content (AvgIpc) is 2.40. The smallest absolute Gasteiger partial charge is 0.299 e. The molecule has 0 aromatic heterocycles. The Morgan fingerprint density at radius 2 is 1.65 bits per heavy atom. The van der Waals surface area contributed by atoms with Crippen molar-refractivity contribution in [1.29, 1.82) is 0 Å². The normalized spacial score (nSPS) is 23.6. The highest BCUT2D eigenvalue weighted by atomic mass is 79.9. The van der Waals surface area contributed by atoms with Crippen LogP contribution in [0, 0.1) is 11.8 Å². The van der Waals surface area contributed by atoms with Gasteiger partial charge in [-0.3, -0.25) is 4.79 Å². The third kappa shape index (κ3) is 4.08. The number of benzene rings is 1. The van der Waals surface area contributed by atoms with Gasteiger partial charge in [0.1, 0.15) is 5.78 Å². The van der Waals surface area contributed by atoms with Crippen LogP contribution in [0.5, 0.6) is 0 Å². The van der Waals surface area contributed by atoms with Gasteiger partial charge in [-0.1, -0.05) is 28.1 Å². The van der Waals surface area contributed by atoms with Gasteiger partial charge in [-0.25, -0.2) is 0 Å². The number of carbonyl (C=O) groups is 1. The zero-order chi connectivity index (χ0) is 14.8. The van der Waals surface area contributed by atoms with Crippen LogP contribution >= 0.6 is 15.9 Å². The minimum atomic E-state index is -4.11. The van der Waals surface area contributed by atoms with E-state index in [0.29, 0.717) is 19.3 Å².